The Morgan fingerprint density at radius 1 is 1.29 bits per heavy atom. The predicted molar refractivity (Wildman–Crippen MR) is 77.6 cm³/mol. The van der Waals surface area contributed by atoms with E-state index in [4.69, 9.17) is 0 Å². The molecule has 2 aromatic heterocycles. The first-order valence-corrected chi connectivity index (χ1v) is 6.36. The van der Waals surface area contributed by atoms with E-state index in [2.05, 4.69) is 15.4 Å². The number of benzene rings is 1. The average Bonchev–Trinajstić information content (AvgIpc) is 3.02. The standard InChI is InChI=1S/C15H12N4O2/c1-16-15(21)13-6-7-19(18-13)14-11(9-20)8-10-4-2-3-5-12(10)17-14/h2-9H,1H3,(H,16,21). The summed E-state index contributed by atoms with van der Waals surface area (Å²) in [6.07, 6.45) is 2.34. The second kappa shape index (κ2) is 5.16. The number of aromatic nitrogens is 3. The number of carbonyl (C=O) groups excluding carboxylic acids is 2. The van der Waals surface area contributed by atoms with Gasteiger partial charge in [-0.15, -0.1) is 0 Å². The second-order valence-corrected chi connectivity index (χ2v) is 4.44. The number of amides is 1. The highest BCUT2D eigenvalue weighted by molar-refractivity contribution is 5.92. The van der Waals surface area contributed by atoms with Crippen LogP contribution in [0.5, 0.6) is 0 Å². The number of rotatable bonds is 3. The van der Waals surface area contributed by atoms with Gasteiger partial charge in [-0.25, -0.2) is 9.67 Å². The third-order valence-corrected chi connectivity index (χ3v) is 3.13. The summed E-state index contributed by atoms with van der Waals surface area (Å²) in [5.74, 6) is 0.112. The predicted octanol–water partition coefficient (Wildman–Crippen LogP) is 1.59. The van der Waals surface area contributed by atoms with Gasteiger partial charge >= 0.3 is 0 Å². The molecule has 0 saturated carbocycles. The van der Waals surface area contributed by atoms with E-state index >= 15 is 0 Å². The highest BCUT2D eigenvalue weighted by Gasteiger charge is 2.12. The first-order chi connectivity index (χ1) is 10.2. The van der Waals surface area contributed by atoms with Gasteiger partial charge in [0.25, 0.3) is 5.91 Å². The van der Waals surface area contributed by atoms with Crippen molar-refractivity contribution in [2.75, 3.05) is 7.05 Å². The second-order valence-electron chi connectivity index (χ2n) is 4.44. The van der Waals surface area contributed by atoms with E-state index in [0.29, 0.717) is 11.4 Å². The number of hydrogen-bond donors (Lipinski definition) is 1. The molecular weight excluding hydrogens is 268 g/mol. The Morgan fingerprint density at radius 2 is 2.10 bits per heavy atom. The summed E-state index contributed by atoms with van der Waals surface area (Å²) >= 11 is 0. The van der Waals surface area contributed by atoms with Gasteiger partial charge < -0.3 is 5.32 Å². The van der Waals surface area contributed by atoms with Crippen molar-refractivity contribution in [1.82, 2.24) is 20.1 Å². The molecule has 3 rings (SSSR count). The van der Waals surface area contributed by atoms with Crippen molar-refractivity contribution in [3.05, 3.63) is 53.9 Å². The van der Waals surface area contributed by atoms with Gasteiger partial charge in [-0.05, 0) is 18.2 Å². The number of carbonyl (C=O) groups is 2. The minimum Gasteiger partial charge on any atom is -0.354 e. The molecule has 0 unspecified atom stereocenters. The topological polar surface area (TPSA) is 76.9 Å². The number of pyridine rings is 1. The molecular formula is C15H12N4O2. The third kappa shape index (κ3) is 2.27. The van der Waals surface area contributed by atoms with Gasteiger partial charge in [-0.1, -0.05) is 18.2 Å². The fraction of sp³-hybridized carbons (Fsp3) is 0.0667. The van der Waals surface area contributed by atoms with Gasteiger partial charge in [0.2, 0.25) is 0 Å². The molecule has 104 valence electrons. The van der Waals surface area contributed by atoms with Crippen molar-refractivity contribution in [1.29, 1.82) is 0 Å². The zero-order chi connectivity index (χ0) is 14.8. The van der Waals surface area contributed by atoms with E-state index in [1.54, 1.807) is 18.3 Å². The lowest BCUT2D eigenvalue weighted by Crippen LogP contribution is -2.18. The van der Waals surface area contributed by atoms with Crippen LogP contribution in [0.3, 0.4) is 0 Å². The maximum absolute atomic E-state index is 11.5. The van der Waals surface area contributed by atoms with Gasteiger partial charge in [0.15, 0.2) is 17.8 Å². The smallest absolute Gasteiger partial charge is 0.271 e. The number of fused-ring (bicyclic) bond motifs is 1. The SMILES string of the molecule is CNC(=O)c1ccn(-c2nc3ccccc3cc2C=O)n1. The van der Waals surface area contributed by atoms with Crippen LogP contribution in [-0.4, -0.2) is 34.0 Å². The molecule has 1 amide bonds. The van der Waals surface area contributed by atoms with Crippen LogP contribution >= 0.6 is 0 Å². The summed E-state index contributed by atoms with van der Waals surface area (Å²) in [5.41, 5.74) is 1.44. The largest absolute Gasteiger partial charge is 0.354 e. The fourth-order valence-electron chi connectivity index (χ4n) is 2.08. The normalized spacial score (nSPS) is 10.5. The quantitative estimate of drug-likeness (QED) is 0.739. The van der Waals surface area contributed by atoms with Gasteiger partial charge in [-0.2, -0.15) is 5.10 Å². The van der Waals surface area contributed by atoms with Crippen molar-refractivity contribution < 1.29 is 9.59 Å². The van der Waals surface area contributed by atoms with Gasteiger partial charge in [-0.3, -0.25) is 9.59 Å². The van der Waals surface area contributed by atoms with Crippen molar-refractivity contribution >= 4 is 23.1 Å². The minimum atomic E-state index is -0.290. The maximum atomic E-state index is 11.5. The molecule has 0 atom stereocenters. The lowest BCUT2D eigenvalue weighted by Gasteiger charge is -2.06. The van der Waals surface area contributed by atoms with Crippen molar-refractivity contribution in [2.24, 2.45) is 0 Å². The van der Waals surface area contributed by atoms with Crippen LogP contribution in [0, 0.1) is 0 Å². The zero-order valence-corrected chi connectivity index (χ0v) is 11.3. The van der Waals surface area contributed by atoms with Crippen LogP contribution < -0.4 is 5.32 Å². The van der Waals surface area contributed by atoms with E-state index in [-0.39, 0.29) is 11.6 Å². The molecule has 6 heteroatoms. The monoisotopic (exact) mass is 280 g/mol. The summed E-state index contributed by atoms with van der Waals surface area (Å²) in [7, 11) is 1.53. The Bertz CT molecular complexity index is 839. The molecule has 21 heavy (non-hydrogen) atoms. The Kier molecular flexibility index (Phi) is 3.19. The van der Waals surface area contributed by atoms with Crippen molar-refractivity contribution in [3.63, 3.8) is 0 Å². The molecule has 0 radical (unpaired) electrons. The maximum Gasteiger partial charge on any atom is 0.271 e. The van der Waals surface area contributed by atoms with Gasteiger partial charge in [0.05, 0.1) is 11.1 Å². The molecule has 0 aliphatic heterocycles. The van der Waals surface area contributed by atoms with Crippen LogP contribution in [0.4, 0.5) is 0 Å². The van der Waals surface area contributed by atoms with Gasteiger partial charge in [0.1, 0.15) is 0 Å². The fourth-order valence-corrected chi connectivity index (χ4v) is 2.08. The van der Waals surface area contributed by atoms with Crippen LogP contribution in [0.1, 0.15) is 20.8 Å². The van der Waals surface area contributed by atoms with E-state index in [1.807, 2.05) is 24.3 Å². The van der Waals surface area contributed by atoms with Gasteiger partial charge in [0, 0.05) is 18.6 Å². The molecule has 1 aromatic carbocycles. The molecule has 0 fully saturated rings. The Labute approximate surface area is 120 Å². The molecule has 3 aromatic rings. The third-order valence-electron chi connectivity index (χ3n) is 3.13. The summed E-state index contributed by atoms with van der Waals surface area (Å²) in [6.45, 7) is 0. The highest BCUT2D eigenvalue weighted by Crippen LogP contribution is 2.18. The molecule has 2 heterocycles. The van der Waals surface area contributed by atoms with E-state index in [0.717, 1.165) is 17.2 Å². The Balaban J connectivity index is 2.16. The lowest BCUT2D eigenvalue weighted by molar-refractivity contribution is 0.0957. The number of nitrogens with zero attached hydrogens (tertiary/aromatic N) is 3. The Morgan fingerprint density at radius 3 is 2.86 bits per heavy atom. The molecule has 0 aliphatic carbocycles. The minimum absolute atomic E-state index is 0.268. The average molecular weight is 280 g/mol. The molecule has 0 spiro atoms. The molecule has 0 aliphatic rings. The van der Waals surface area contributed by atoms with Crippen LogP contribution in [0.25, 0.3) is 16.7 Å². The van der Waals surface area contributed by atoms with Crippen molar-refractivity contribution in [2.45, 2.75) is 0 Å². The number of para-hydroxylation sites is 1. The van der Waals surface area contributed by atoms with E-state index < -0.39 is 0 Å². The number of hydrogen-bond acceptors (Lipinski definition) is 4. The van der Waals surface area contributed by atoms with Crippen LogP contribution in [0.15, 0.2) is 42.6 Å². The Hall–Kier alpha value is -3.02. The zero-order valence-electron chi connectivity index (χ0n) is 11.3. The van der Waals surface area contributed by atoms with Crippen molar-refractivity contribution in [3.8, 4) is 5.82 Å². The molecule has 6 nitrogen and oxygen atoms in total. The first kappa shape index (κ1) is 13.0. The summed E-state index contributed by atoms with van der Waals surface area (Å²) in [6, 6.07) is 10.8. The molecule has 0 bridgehead atoms. The summed E-state index contributed by atoms with van der Waals surface area (Å²) in [4.78, 5) is 27.3. The number of aldehydes is 1. The molecule has 1 N–H and O–H groups in total. The lowest BCUT2D eigenvalue weighted by atomic mass is 10.1. The summed E-state index contributed by atoms with van der Waals surface area (Å²) in [5, 5.41) is 7.53. The molecule has 0 saturated heterocycles. The summed E-state index contributed by atoms with van der Waals surface area (Å²) < 4.78 is 1.43. The first-order valence-electron chi connectivity index (χ1n) is 6.36. The van der Waals surface area contributed by atoms with E-state index in [9.17, 15) is 9.59 Å². The van der Waals surface area contributed by atoms with Crippen LogP contribution in [0.2, 0.25) is 0 Å². The number of nitrogens with one attached hydrogen (secondary N) is 1. The van der Waals surface area contributed by atoms with E-state index in [1.165, 1.54) is 11.7 Å². The highest BCUT2D eigenvalue weighted by atomic mass is 16.1. The van der Waals surface area contributed by atoms with Crippen LogP contribution in [-0.2, 0) is 0 Å².